The maximum absolute atomic E-state index is 11.4. The van der Waals surface area contributed by atoms with Crippen molar-refractivity contribution in [2.75, 3.05) is 6.67 Å². The second-order valence-electron chi connectivity index (χ2n) is 2.06. The predicted octanol–water partition coefficient (Wildman–Crippen LogP) is 0.727. The van der Waals surface area contributed by atoms with Gasteiger partial charge in [-0.15, -0.1) is 0 Å². The molecule has 1 aliphatic carbocycles. The van der Waals surface area contributed by atoms with Crippen molar-refractivity contribution < 1.29 is 9.50 Å². The molecule has 1 N–H and O–H groups in total. The lowest BCUT2D eigenvalue weighted by molar-refractivity contribution is 0.119. The largest absolute Gasteiger partial charge is 0.390 e. The number of alkyl halides is 1. The molecule has 1 fully saturated rings. The third-order valence-corrected chi connectivity index (χ3v) is 1.32. The summed E-state index contributed by atoms with van der Waals surface area (Å²) in [6, 6.07) is 0. The van der Waals surface area contributed by atoms with Gasteiger partial charge in [-0.1, -0.05) is 0 Å². The Kier molecular flexibility index (Phi) is 1.28. The molecule has 0 amide bonds. The van der Waals surface area contributed by atoms with Crippen LogP contribution in [0.1, 0.15) is 12.8 Å². The van der Waals surface area contributed by atoms with Gasteiger partial charge in [-0.3, -0.25) is 0 Å². The molecule has 42 valence electrons. The van der Waals surface area contributed by atoms with Crippen molar-refractivity contribution in [2.24, 2.45) is 5.92 Å². The molecule has 0 aromatic carbocycles. The van der Waals surface area contributed by atoms with Gasteiger partial charge in [0.25, 0.3) is 0 Å². The lowest BCUT2D eigenvalue weighted by Gasteiger charge is -1.98. The molecule has 1 saturated carbocycles. The van der Waals surface area contributed by atoms with Gasteiger partial charge in [0.05, 0.1) is 6.10 Å². The highest BCUT2D eigenvalue weighted by Gasteiger charge is 2.29. The van der Waals surface area contributed by atoms with Crippen LogP contribution in [-0.4, -0.2) is 17.9 Å². The fraction of sp³-hybridized carbons (Fsp3) is 1.00. The van der Waals surface area contributed by atoms with Crippen LogP contribution in [-0.2, 0) is 0 Å². The first-order valence-corrected chi connectivity index (χ1v) is 2.58. The van der Waals surface area contributed by atoms with Crippen LogP contribution in [0.4, 0.5) is 4.39 Å². The van der Waals surface area contributed by atoms with Crippen molar-refractivity contribution in [1.82, 2.24) is 0 Å². The third kappa shape index (κ3) is 1.13. The minimum atomic E-state index is -0.653. The van der Waals surface area contributed by atoms with Crippen LogP contribution in [0.2, 0.25) is 0 Å². The van der Waals surface area contributed by atoms with E-state index in [9.17, 15) is 4.39 Å². The first kappa shape index (κ1) is 5.04. The van der Waals surface area contributed by atoms with E-state index in [-0.39, 0.29) is 0 Å². The quantitative estimate of drug-likeness (QED) is 0.547. The molecule has 1 aliphatic rings. The molecule has 0 aromatic heterocycles. The lowest BCUT2D eigenvalue weighted by atomic mass is 10.3. The molecule has 1 rings (SSSR count). The van der Waals surface area contributed by atoms with E-state index < -0.39 is 12.8 Å². The average Bonchev–Trinajstić information content (AvgIpc) is 2.44. The van der Waals surface area contributed by atoms with Crippen molar-refractivity contribution in [1.29, 1.82) is 0 Å². The number of halogens is 1. The summed E-state index contributed by atoms with van der Waals surface area (Å²) in [5, 5.41) is 8.62. The molecule has 0 heterocycles. The van der Waals surface area contributed by atoms with Gasteiger partial charge < -0.3 is 5.11 Å². The number of rotatable bonds is 2. The molecular formula is C5H9FO. The van der Waals surface area contributed by atoms with Crippen molar-refractivity contribution >= 4 is 0 Å². The summed E-state index contributed by atoms with van der Waals surface area (Å²) < 4.78 is 11.4. The maximum Gasteiger partial charge on any atom is 0.116 e. The summed E-state index contributed by atoms with van der Waals surface area (Å²) in [6.45, 7) is -0.565. The highest BCUT2D eigenvalue weighted by Crippen LogP contribution is 2.32. The molecule has 0 spiro atoms. The predicted molar refractivity (Wildman–Crippen MR) is 24.7 cm³/mol. The van der Waals surface area contributed by atoms with Crippen LogP contribution in [0.25, 0.3) is 0 Å². The van der Waals surface area contributed by atoms with E-state index in [1.54, 1.807) is 0 Å². The number of aliphatic hydroxyl groups is 1. The van der Waals surface area contributed by atoms with Gasteiger partial charge in [0, 0.05) is 0 Å². The summed E-state index contributed by atoms with van der Waals surface area (Å²) in [6.07, 6.45) is 1.39. The summed E-state index contributed by atoms with van der Waals surface area (Å²) >= 11 is 0. The Balaban J connectivity index is 2.10. The molecular weight excluding hydrogens is 95.1 g/mol. The smallest absolute Gasteiger partial charge is 0.116 e. The van der Waals surface area contributed by atoms with E-state index >= 15 is 0 Å². The minimum Gasteiger partial charge on any atom is -0.390 e. The van der Waals surface area contributed by atoms with Crippen LogP contribution < -0.4 is 0 Å². The zero-order valence-corrected chi connectivity index (χ0v) is 4.10. The zero-order valence-electron chi connectivity index (χ0n) is 4.10. The van der Waals surface area contributed by atoms with E-state index in [0.29, 0.717) is 5.92 Å². The third-order valence-electron chi connectivity index (χ3n) is 1.32. The second-order valence-corrected chi connectivity index (χ2v) is 2.06. The van der Waals surface area contributed by atoms with Crippen LogP contribution in [0.15, 0.2) is 0 Å². The summed E-state index contributed by atoms with van der Waals surface area (Å²) in [5.74, 6) is 0.296. The Morgan fingerprint density at radius 2 is 2.29 bits per heavy atom. The second kappa shape index (κ2) is 1.78. The van der Waals surface area contributed by atoms with Gasteiger partial charge in [-0.25, -0.2) is 4.39 Å². The molecule has 1 nitrogen and oxygen atoms in total. The molecule has 0 saturated heterocycles. The molecule has 7 heavy (non-hydrogen) atoms. The van der Waals surface area contributed by atoms with E-state index in [1.165, 1.54) is 0 Å². The zero-order chi connectivity index (χ0) is 5.28. The molecule has 1 atom stereocenters. The number of aliphatic hydroxyl groups excluding tert-OH is 1. The molecule has 0 aromatic rings. The normalized spacial score (nSPS) is 24.9. The summed E-state index contributed by atoms with van der Waals surface area (Å²) in [7, 11) is 0. The summed E-state index contributed by atoms with van der Waals surface area (Å²) in [5.41, 5.74) is 0. The van der Waals surface area contributed by atoms with Crippen molar-refractivity contribution in [3.05, 3.63) is 0 Å². The van der Waals surface area contributed by atoms with Gasteiger partial charge in [0.1, 0.15) is 6.67 Å². The monoisotopic (exact) mass is 104 g/mol. The summed E-state index contributed by atoms with van der Waals surface area (Å²) in [4.78, 5) is 0. The average molecular weight is 104 g/mol. The highest BCUT2D eigenvalue weighted by molar-refractivity contribution is 4.79. The molecule has 0 bridgehead atoms. The lowest BCUT2D eigenvalue weighted by Crippen LogP contribution is -2.10. The fourth-order valence-electron chi connectivity index (χ4n) is 0.607. The van der Waals surface area contributed by atoms with Crippen LogP contribution >= 0.6 is 0 Å². The molecule has 0 aliphatic heterocycles. The van der Waals surface area contributed by atoms with Crippen molar-refractivity contribution in [3.63, 3.8) is 0 Å². The van der Waals surface area contributed by atoms with Crippen LogP contribution in [0.5, 0.6) is 0 Å². The van der Waals surface area contributed by atoms with Crippen LogP contribution in [0.3, 0.4) is 0 Å². The van der Waals surface area contributed by atoms with Gasteiger partial charge in [0.2, 0.25) is 0 Å². The van der Waals surface area contributed by atoms with E-state index in [4.69, 9.17) is 5.11 Å². The molecule has 2 heteroatoms. The Bertz CT molecular complexity index is 61.1. The number of hydrogen-bond donors (Lipinski definition) is 1. The van der Waals surface area contributed by atoms with E-state index in [2.05, 4.69) is 0 Å². The maximum atomic E-state index is 11.4. The standard InChI is InChI=1S/C5H9FO/c6-3-5(7)4-1-2-4/h4-5,7H,1-3H2. The van der Waals surface area contributed by atoms with Gasteiger partial charge >= 0.3 is 0 Å². The molecule has 1 unspecified atom stereocenters. The van der Waals surface area contributed by atoms with Crippen molar-refractivity contribution in [2.45, 2.75) is 18.9 Å². The Morgan fingerprint density at radius 1 is 1.71 bits per heavy atom. The fourth-order valence-corrected chi connectivity index (χ4v) is 0.607. The Labute approximate surface area is 42.2 Å². The van der Waals surface area contributed by atoms with Gasteiger partial charge in [0.15, 0.2) is 0 Å². The minimum absolute atomic E-state index is 0.296. The Hall–Kier alpha value is -0.110. The van der Waals surface area contributed by atoms with Gasteiger partial charge in [-0.2, -0.15) is 0 Å². The van der Waals surface area contributed by atoms with E-state index in [1.807, 2.05) is 0 Å². The first-order valence-electron chi connectivity index (χ1n) is 2.58. The molecule has 0 radical (unpaired) electrons. The first-order chi connectivity index (χ1) is 3.34. The number of hydrogen-bond acceptors (Lipinski definition) is 1. The topological polar surface area (TPSA) is 20.2 Å². The Morgan fingerprint density at radius 3 is 2.43 bits per heavy atom. The van der Waals surface area contributed by atoms with Crippen LogP contribution in [0, 0.1) is 5.92 Å². The SMILES string of the molecule is OC(CF)C1CC1. The van der Waals surface area contributed by atoms with E-state index in [0.717, 1.165) is 12.8 Å². The van der Waals surface area contributed by atoms with Gasteiger partial charge in [-0.05, 0) is 18.8 Å². The highest BCUT2D eigenvalue weighted by atomic mass is 19.1. The van der Waals surface area contributed by atoms with Crippen molar-refractivity contribution in [3.8, 4) is 0 Å².